The lowest BCUT2D eigenvalue weighted by Crippen LogP contribution is -2.33. The van der Waals surface area contributed by atoms with E-state index in [9.17, 15) is 4.79 Å². The zero-order valence-corrected chi connectivity index (χ0v) is 11.6. The van der Waals surface area contributed by atoms with E-state index < -0.39 is 0 Å². The van der Waals surface area contributed by atoms with Crippen LogP contribution in [0.2, 0.25) is 5.02 Å². The van der Waals surface area contributed by atoms with Gasteiger partial charge in [0, 0.05) is 25.3 Å². The van der Waals surface area contributed by atoms with Crippen molar-refractivity contribution in [1.29, 1.82) is 0 Å². The zero-order valence-electron chi connectivity index (χ0n) is 10.9. The van der Waals surface area contributed by atoms with Crippen LogP contribution in [0.1, 0.15) is 23.7 Å². The third-order valence-electron chi connectivity index (χ3n) is 2.82. The second-order valence-corrected chi connectivity index (χ2v) is 4.76. The van der Waals surface area contributed by atoms with Crippen LogP contribution in [-0.2, 0) is 4.74 Å². The smallest absolute Gasteiger partial charge is 0.251 e. The molecular weight excluding hydrogens is 270 g/mol. The molecule has 6 heteroatoms. The number of amides is 1. The zero-order chi connectivity index (χ0) is 13.8. The van der Waals surface area contributed by atoms with Gasteiger partial charge in [-0.05, 0) is 25.5 Å². The first-order chi connectivity index (χ1) is 9.11. The second kappa shape index (κ2) is 6.12. The van der Waals surface area contributed by atoms with Gasteiger partial charge in [-0.1, -0.05) is 11.6 Å². The molecule has 0 saturated heterocycles. The molecule has 0 aromatic heterocycles. The Morgan fingerprint density at radius 2 is 2.32 bits per heavy atom. The number of hydrogen-bond acceptors (Lipinski definition) is 4. The van der Waals surface area contributed by atoms with E-state index in [2.05, 4.69) is 5.32 Å². The first kappa shape index (κ1) is 14.0. The lowest BCUT2D eigenvalue weighted by atomic mass is 10.1. The van der Waals surface area contributed by atoms with Gasteiger partial charge in [0.15, 0.2) is 11.5 Å². The highest BCUT2D eigenvalue weighted by molar-refractivity contribution is 6.32. The monoisotopic (exact) mass is 285 g/mol. The highest BCUT2D eigenvalue weighted by Gasteiger charge is 2.21. The van der Waals surface area contributed by atoms with E-state index in [1.807, 2.05) is 6.92 Å². The Bertz CT molecular complexity index is 478. The number of carbonyl (C=O) groups excluding carboxylic acids is 1. The minimum Gasteiger partial charge on any atom is -0.454 e. The van der Waals surface area contributed by atoms with Crippen LogP contribution < -0.4 is 14.8 Å². The fourth-order valence-electron chi connectivity index (χ4n) is 1.77. The number of carbonyl (C=O) groups is 1. The van der Waals surface area contributed by atoms with Crippen molar-refractivity contribution in [2.75, 3.05) is 20.5 Å². The van der Waals surface area contributed by atoms with Crippen molar-refractivity contribution in [3.8, 4) is 11.5 Å². The number of hydrogen-bond donors (Lipinski definition) is 1. The summed E-state index contributed by atoms with van der Waals surface area (Å²) >= 11 is 6.03. The molecule has 0 spiro atoms. The van der Waals surface area contributed by atoms with Crippen molar-refractivity contribution >= 4 is 17.5 Å². The van der Waals surface area contributed by atoms with Gasteiger partial charge in [-0.25, -0.2) is 0 Å². The minimum absolute atomic E-state index is 0.0247. The summed E-state index contributed by atoms with van der Waals surface area (Å²) < 4.78 is 15.4. The standard InChI is InChI=1S/C13H16ClNO4/c1-8(3-4-17-2)15-13(16)9-5-10(14)12-11(6-9)18-7-19-12/h5-6,8H,3-4,7H2,1-2H3,(H,15,16). The molecule has 19 heavy (non-hydrogen) atoms. The summed E-state index contributed by atoms with van der Waals surface area (Å²) in [5.74, 6) is 0.802. The Labute approximate surface area is 116 Å². The molecule has 0 radical (unpaired) electrons. The van der Waals surface area contributed by atoms with Gasteiger partial charge in [0.1, 0.15) is 0 Å². The predicted octanol–water partition coefficient (Wildman–Crippen LogP) is 2.22. The lowest BCUT2D eigenvalue weighted by molar-refractivity contribution is 0.0929. The van der Waals surface area contributed by atoms with E-state index in [4.69, 9.17) is 25.8 Å². The summed E-state index contributed by atoms with van der Waals surface area (Å²) in [6.45, 7) is 2.65. The Morgan fingerprint density at radius 1 is 1.53 bits per heavy atom. The Hall–Kier alpha value is -1.46. The molecule has 1 N–H and O–H groups in total. The summed E-state index contributed by atoms with van der Waals surface area (Å²) in [5.41, 5.74) is 0.457. The molecule has 5 nitrogen and oxygen atoms in total. The fraction of sp³-hybridized carbons (Fsp3) is 0.462. The molecule has 1 aromatic rings. The number of benzene rings is 1. The van der Waals surface area contributed by atoms with Crippen LogP contribution in [-0.4, -0.2) is 32.5 Å². The largest absolute Gasteiger partial charge is 0.454 e. The van der Waals surface area contributed by atoms with E-state index in [0.717, 1.165) is 6.42 Å². The van der Waals surface area contributed by atoms with E-state index in [-0.39, 0.29) is 18.7 Å². The van der Waals surface area contributed by atoms with Gasteiger partial charge in [0.2, 0.25) is 6.79 Å². The average molecular weight is 286 g/mol. The number of methoxy groups -OCH3 is 1. The van der Waals surface area contributed by atoms with Crippen molar-refractivity contribution in [3.63, 3.8) is 0 Å². The molecule has 0 fully saturated rings. The van der Waals surface area contributed by atoms with Crippen molar-refractivity contribution < 1.29 is 19.0 Å². The predicted molar refractivity (Wildman–Crippen MR) is 71.0 cm³/mol. The van der Waals surface area contributed by atoms with Gasteiger partial charge in [0.25, 0.3) is 5.91 Å². The molecule has 1 aliphatic heterocycles. The molecule has 0 saturated carbocycles. The van der Waals surface area contributed by atoms with E-state index >= 15 is 0 Å². The van der Waals surface area contributed by atoms with Crippen LogP contribution in [0.4, 0.5) is 0 Å². The van der Waals surface area contributed by atoms with Crippen LogP contribution in [0.25, 0.3) is 0 Å². The van der Waals surface area contributed by atoms with Crippen LogP contribution >= 0.6 is 11.6 Å². The van der Waals surface area contributed by atoms with Crippen LogP contribution in [0.5, 0.6) is 11.5 Å². The Balaban J connectivity index is 2.05. The number of rotatable bonds is 5. The maximum absolute atomic E-state index is 12.1. The van der Waals surface area contributed by atoms with Crippen LogP contribution in [0.3, 0.4) is 0 Å². The SMILES string of the molecule is COCCC(C)NC(=O)c1cc(Cl)c2c(c1)OCO2. The molecule has 1 atom stereocenters. The number of ether oxygens (including phenoxy) is 3. The van der Waals surface area contributed by atoms with Gasteiger partial charge >= 0.3 is 0 Å². The molecule has 2 rings (SSSR count). The maximum atomic E-state index is 12.1. The highest BCUT2D eigenvalue weighted by Crippen LogP contribution is 2.39. The third-order valence-corrected chi connectivity index (χ3v) is 3.10. The van der Waals surface area contributed by atoms with E-state index in [1.165, 1.54) is 0 Å². The van der Waals surface area contributed by atoms with Crippen molar-refractivity contribution in [2.45, 2.75) is 19.4 Å². The highest BCUT2D eigenvalue weighted by atomic mass is 35.5. The van der Waals surface area contributed by atoms with Gasteiger partial charge in [-0.2, -0.15) is 0 Å². The number of nitrogens with one attached hydrogen (secondary N) is 1. The summed E-state index contributed by atoms with van der Waals surface area (Å²) in [7, 11) is 1.63. The summed E-state index contributed by atoms with van der Waals surface area (Å²) in [5, 5.41) is 3.25. The lowest BCUT2D eigenvalue weighted by Gasteiger charge is -2.13. The van der Waals surface area contributed by atoms with Crippen LogP contribution in [0.15, 0.2) is 12.1 Å². The van der Waals surface area contributed by atoms with Gasteiger partial charge < -0.3 is 19.5 Å². The fourth-order valence-corrected chi connectivity index (χ4v) is 2.04. The molecule has 1 heterocycles. The van der Waals surface area contributed by atoms with E-state index in [1.54, 1.807) is 19.2 Å². The van der Waals surface area contributed by atoms with E-state index in [0.29, 0.717) is 28.7 Å². The molecule has 104 valence electrons. The summed E-state index contributed by atoms with van der Waals surface area (Å²) in [6, 6.07) is 3.23. The van der Waals surface area contributed by atoms with Crippen molar-refractivity contribution in [1.82, 2.24) is 5.32 Å². The van der Waals surface area contributed by atoms with Gasteiger partial charge in [0.05, 0.1) is 5.02 Å². The molecule has 1 aromatic carbocycles. The molecule has 1 aliphatic rings. The Kier molecular flexibility index (Phi) is 4.50. The summed E-state index contributed by atoms with van der Waals surface area (Å²) in [4.78, 5) is 12.1. The topological polar surface area (TPSA) is 56.8 Å². The first-order valence-electron chi connectivity index (χ1n) is 6.00. The Morgan fingerprint density at radius 3 is 3.05 bits per heavy atom. The molecule has 1 unspecified atom stereocenters. The molecule has 0 aliphatic carbocycles. The van der Waals surface area contributed by atoms with Crippen LogP contribution in [0, 0.1) is 0 Å². The molecular formula is C13H16ClNO4. The third kappa shape index (κ3) is 3.30. The maximum Gasteiger partial charge on any atom is 0.251 e. The second-order valence-electron chi connectivity index (χ2n) is 4.35. The average Bonchev–Trinajstić information content (AvgIpc) is 2.85. The van der Waals surface area contributed by atoms with Crippen molar-refractivity contribution in [3.05, 3.63) is 22.7 Å². The normalized spacial score (nSPS) is 14.3. The minimum atomic E-state index is -0.191. The quantitative estimate of drug-likeness (QED) is 0.901. The number of halogens is 1. The summed E-state index contributed by atoms with van der Waals surface area (Å²) in [6.07, 6.45) is 0.751. The van der Waals surface area contributed by atoms with Crippen molar-refractivity contribution in [2.24, 2.45) is 0 Å². The van der Waals surface area contributed by atoms with Gasteiger partial charge in [-0.15, -0.1) is 0 Å². The first-order valence-corrected chi connectivity index (χ1v) is 6.38. The number of fused-ring (bicyclic) bond motifs is 1. The molecule has 0 bridgehead atoms. The van der Waals surface area contributed by atoms with Gasteiger partial charge in [-0.3, -0.25) is 4.79 Å². The molecule has 1 amide bonds.